The Bertz CT molecular complexity index is 1350. The molecule has 1 aliphatic heterocycles. The summed E-state index contributed by atoms with van der Waals surface area (Å²) in [6.07, 6.45) is 0.993. The molecule has 1 fully saturated rings. The molecule has 32 heavy (non-hydrogen) atoms. The van der Waals surface area contributed by atoms with Gasteiger partial charge in [-0.2, -0.15) is 9.30 Å². The van der Waals surface area contributed by atoms with E-state index in [1.165, 1.54) is 39.2 Å². The van der Waals surface area contributed by atoms with Crippen LogP contribution in [0.2, 0.25) is 0 Å². The highest BCUT2D eigenvalue weighted by Gasteiger charge is 2.31. The van der Waals surface area contributed by atoms with Gasteiger partial charge in [0.25, 0.3) is 5.91 Å². The predicted molar refractivity (Wildman–Crippen MR) is 119 cm³/mol. The van der Waals surface area contributed by atoms with E-state index >= 15 is 0 Å². The number of sulfonamides is 1. The number of hydrogen-bond acceptors (Lipinski definition) is 4. The van der Waals surface area contributed by atoms with Crippen LogP contribution < -0.4 is 4.80 Å². The summed E-state index contributed by atoms with van der Waals surface area (Å²) >= 11 is 0.995. The molecule has 0 radical (unpaired) electrons. The average Bonchev–Trinajstić information content (AvgIpc) is 3.02. The molecule has 170 valence electrons. The number of aryl methyl sites for hydroxylation is 1. The van der Waals surface area contributed by atoms with Crippen LogP contribution in [0.25, 0.3) is 10.2 Å². The van der Waals surface area contributed by atoms with Gasteiger partial charge in [-0.3, -0.25) is 4.79 Å². The lowest BCUT2D eigenvalue weighted by Crippen LogP contribution is -2.42. The van der Waals surface area contributed by atoms with E-state index in [2.05, 4.69) is 4.99 Å². The molecule has 1 amide bonds. The van der Waals surface area contributed by atoms with Gasteiger partial charge in [-0.1, -0.05) is 25.2 Å². The minimum atomic E-state index is -3.65. The predicted octanol–water partition coefficient (Wildman–Crippen LogP) is 3.93. The topological polar surface area (TPSA) is 71.7 Å². The maximum atomic E-state index is 14.1. The number of nitrogens with zero attached hydrogens (tertiary/aromatic N) is 3. The van der Waals surface area contributed by atoms with Gasteiger partial charge in [0.2, 0.25) is 10.0 Å². The number of amides is 1. The minimum Gasteiger partial charge on any atom is -0.317 e. The van der Waals surface area contributed by atoms with Crippen molar-refractivity contribution in [1.29, 1.82) is 0 Å². The lowest BCUT2D eigenvalue weighted by Gasteiger charge is -2.34. The van der Waals surface area contributed by atoms with Crippen LogP contribution in [0.15, 0.2) is 46.3 Å². The van der Waals surface area contributed by atoms with Crippen LogP contribution >= 0.6 is 11.3 Å². The number of aromatic nitrogens is 1. The lowest BCUT2D eigenvalue weighted by molar-refractivity contribution is 0.0998. The fourth-order valence-electron chi connectivity index (χ4n) is 4.18. The Kier molecular flexibility index (Phi) is 6.04. The highest BCUT2D eigenvalue weighted by atomic mass is 32.2. The molecule has 2 aromatic carbocycles. The number of hydrogen-bond donors (Lipinski definition) is 0. The molecule has 1 aromatic heterocycles. The summed E-state index contributed by atoms with van der Waals surface area (Å²) in [5.41, 5.74) is 0.364. The smallest absolute Gasteiger partial charge is 0.279 e. The van der Waals surface area contributed by atoms with Crippen LogP contribution in [-0.2, 0) is 17.1 Å². The Morgan fingerprint density at radius 1 is 1.09 bits per heavy atom. The SMILES string of the molecule is C[C@@H]1C[C@H](C)CN(S(=O)(=O)c2ccc(C(=O)N=c3sc4cc(F)cc(F)c4n3C)cc2)C1. The zero-order valence-electron chi connectivity index (χ0n) is 17.9. The summed E-state index contributed by atoms with van der Waals surface area (Å²) < 4.78 is 56.8. The monoisotopic (exact) mass is 479 g/mol. The summed E-state index contributed by atoms with van der Waals surface area (Å²) in [5, 5.41) is 0. The largest absolute Gasteiger partial charge is 0.317 e. The Balaban J connectivity index is 1.62. The molecular formula is C22H23F2N3O3S2. The second-order valence-corrected chi connectivity index (χ2v) is 11.3. The maximum absolute atomic E-state index is 14.1. The molecule has 2 heterocycles. The minimum absolute atomic E-state index is 0.125. The van der Waals surface area contributed by atoms with Gasteiger partial charge >= 0.3 is 0 Å². The molecule has 4 rings (SSSR count). The van der Waals surface area contributed by atoms with E-state index in [1.54, 1.807) is 7.05 Å². The van der Waals surface area contributed by atoms with Crippen LogP contribution in [0.1, 0.15) is 30.6 Å². The Hall–Kier alpha value is -2.43. The van der Waals surface area contributed by atoms with E-state index in [9.17, 15) is 22.0 Å². The summed E-state index contributed by atoms with van der Waals surface area (Å²) in [6, 6.07) is 7.62. The fourth-order valence-corrected chi connectivity index (χ4v) is 6.91. The number of piperidine rings is 1. The van der Waals surface area contributed by atoms with Crippen molar-refractivity contribution in [3.8, 4) is 0 Å². The highest BCUT2D eigenvalue weighted by molar-refractivity contribution is 7.89. The first kappa shape index (κ1) is 22.8. The van der Waals surface area contributed by atoms with Gasteiger partial charge in [-0.05, 0) is 48.6 Å². The molecule has 0 saturated carbocycles. The summed E-state index contributed by atoms with van der Waals surface area (Å²) in [4.78, 5) is 17.0. The molecule has 3 aromatic rings. The van der Waals surface area contributed by atoms with Gasteiger partial charge < -0.3 is 4.57 Å². The van der Waals surface area contributed by atoms with E-state index < -0.39 is 27.6 Å². The quantitative estimate of drug-likeness (QED) is 0.572. The van der Waals surface area contributed by atoms with Crippen LogP contribution in [-0.4, -0.2) is 36.3 Å². The number of benzene rings is 2. The van der Waals surface area contributed by atoms with Crippen molar-refractivity contribution in [2.45, 2.75) is 25.2 Å². The molecule has 0 bridgehead atoms. The first-order valence-electron chi connectivity index (χ1n) is 10.2. The third-order valence-electron chi connectivity index (χ3n) is 5.59. The third-order valence-corrected chi connectivity index (χ3v) is 8.51. The Labute approximate surface area is 188 Å². The number of rotatable bonds is 3. The zero-order chi connectivity index (χ0) is 23.2. The number of halogens is 2. The Morgan fingerprint density at radius 3 is 2.34 bits per heavy atom. The van der Waals surface area contributed by atoms with Crippen molar-refractivity contribution in [2.75, 3.05) is 13.1 Å². The van der Waals surface area contributed by atoms with Gasteiger partial charge in [0.15, 0.2) is 10.6 Å². The normalized spacial score (nSPS) is 20.7. The van der Waals surface area contributed by atoms with Gasteiger partial charge in [0.1, 0.15) is 5.82 Å². The van der Waals surface area contributed by atoms with E-state index in [-0.39, 0.29) is 32.6 Å². The lowest BCUT2D eigenvalue weighted by atomic mass is 9.94. The third kappa shape index (κ3) is 4.26. The van der Waals surface area contributed by atoms with E-state index in [1.807, 2.05) is 13.8 Å². The number of carbonyl (C=O) groups is 1. The summed E-state index contributed by atoms with van der Waals surface area (Å²) in [6.45, 7) is 5.02. The van der Waals surface area contributed by atoms with Crippen molar-refractivity contribution in [3.63, 3.8) is 0 Å². The van der Waals surface area contributed by atoms with E-state index in [0.29, 0.717) is 17.8 Å². The number of fused-ring (bicyclic) bond motifs is 1. The van der Waals surface area contributed by atoms with Crippen molar-refractivity contribution in [1.82, 2.24) is 8.87 Å². The van der Waals surface area contributed by atoms with E-state index in [0.717, 1.165) is 23.8 Å². The van der Waals surface area contributed by atoms with Crippen LogP contribution in [0.3, 0.4) is 0 Å². The molecule has 0 N–H and O–H groups in total. The fraction of sp³-hybridized carbons (Fsp3) is 0.364. The first-order chi connectivity index (χ1) is 15.1. The first-order valence-corrected chi connectivity index (χ1v) is 12.5. The van der Waals surface area contributed by atoms with Crippen LogP contribution in [0.5, 0.6) is 0 Å². The molecule has 0 aliphatic carbocycles. The van der Waals surface area contributed by atoms with Crippen LogP contribution in [0.4, 0.5) is 8.78 Å². The van der Waals surface area contributed by atoms with Gasteiger partial charge in [0, 0.05) is 31.8 Å². The standard InChI is InChI=1S/C22H23F2N3O3S2/c1-13-8-14(2)12-27(11-13)32(29,30)17-6-4-15(5-7-17)21(28)25-22-26(3)20-18(24)9-16(23)10-19(20)31-22/h4-7,9-10,13-14H,8,11-12H2,1-3H3/t13-,14+. The zero-order valence-corrected chi connectivity index (χ0v) is 19.5. The number of thiazole rings is 1. The molecule has 0 unspecified atom stereocenters. The second-order valence-electron chi connectivity index (χ2n) is 8.39. The van der Waals surface area contributed by atoms with Crippen molar-refractivity contribution in [3.05, 3.63) is 58.4 Å². The highest BCUT2D eigenvalue weighted by Crippen LogP contribution is 2.27. The van der Waals surface area contributed by atoms with Crippen LogP contribution in [0, 0.1) is 23.5 Å². The number of carbonyl (C=O) groups excluding carboxylic acids is 1. The van der Waals surface area contributed by atoms with Gasteiger partial charge in [0.05, 0.1) is 15.1 Å². The van der Waals surface area contributed by atoms with E-state index in [4.69, 9.17) is 0 Å². The molecule has 10 heteroatoms. The maximum Gasteiger partial charge on any atom is 0.279 e. The van der Waals surface area contributed by atoms with Gasteiger partial charge in [-0.15, -0.1) is 0 Å². The average molecular weight is 480 g/mol. The molecule has 1 aliphatic rings. The van der Waals surface area contributed by atoms with Crippen molar-refractivity contribution in [2.24, 2.45) is 23.9 Å². The van der Waals surface area contributed by atoms with Crippen molar-refractivity contribution < 1.29 is 22.0 Å². The van der Waals surface area contributed by atoms with Crippen molar-refractivity contribution >= 4 is 37.5 Å². The molecule has 6 nitrogen and oxygen atoms in total. The molecule has 2 atom stereocenters. The molecule has 1 saturated heterocycles. The van der Waals surface area contributed by atoms with Gasteiger partial charge in [-0.25, -0.2) is 17.2 Å². The molecular weight excluding hydrogens is 456 g/mol. The second kappa shape index (κ2) is 8.49. The Morgan fingerprint density at radius 2 is 1.72 bits per heavy atom. The summed E-state index contributed by atoms with van der Waals surface area (Å²) in [5.74, 6) is -1.47. The molecule has 0 spiro atoms. The summed E-state index contributed by atoms with van der Waals surface area (Å²) in [7, 11) is -2.11.